The molecule has 0 spiro atoms. The van der Waals surface area contributed by atoms with Crippen LogP contribution in [0.1, 0.15) is 10.6 Å². The Morgan fingerprint density at radius 2 is 2.18 bits per heavy atom. The summed E-state index contributed by atoms with van der Waals surface area (Å²) in [6.45, 7) is 1.86. The van der Waals surface area contributed by atoms with Gasteiger partial charge in [-0.05, 0) is 24.1 Å². The molecule has 2 atom stereocenters. The number of fused-ring (bicyclic) bond motifs is 1. The van der Waals surface area contributed by atoms with Crippen molar-refractivity contribution in [3.8, 4) is 0 Å². The van der Waals surface area contributed by atoms with Gasteiger partial charge in [-0.1, -0.05) is 35.2 Å². The first-order valence-corrected chi connectivity index (χ1v) is 12.7. The number of nitrogen functional groups attached to an aromatic ring is 1. The summed E-state index contributed by atoms with van der Waals surface area (Å²) in [5.74, 6) is -1.11. The zero-order chi connectivity index (χ0) is 23.7. The summed E-state index contributed by atoms with van der Waals surface area (Å²) in [7, 11) is 1.26. The van der Waals surface area contributed by atoms with Gasteiger partial charge in [-0.25, -0.2) is 9.18 Å². The highest BCUT2D eigenvalue weighted by Crippen LogP contribution is 2.42. The summed E-state index contributed by atoms with van der Waals surface area (Å²) in [4.78, 5) is 39.3. The van der Waals surface area contributed by atoms with Crippen LogP contribution >= 0.6 is 34.9 Å². The van der Waals surface area contributed by atoms with E-state index in [4.69, 9.17) is 10.5 Å². The van der Waals surface area contributed by atoms with Crippen molar-refractivity contribution >= 4 is 58.3 Å². The first-order valence-electron chi connectivity index (χ1n) is 9.80. The smallest absolute Gasteiger partial charge is 0.354 e. The van der Waals surface area contributed by atoms with Crippen molar-refractivity contribution < 1.29 is 23.5 Å². The Labute approximate surface area is 201 Å². The standard InChI is InChI=1S/C20H20FN5O4S3/c1-9-24-25-20(33-9)32-8-11-7-31-18-15(17(28)26(18)16(11)19(29)30-2)23-13(27)6-10-4-3-5-12(21)14(10)22/h3-5,15,18H,6-8,22H2,1-2H3,(H,23,27). The van der Waals surface area contributed by atoms with Gasteiger partial charge >= 0.3 is 5.97 Å². The lowest BCUT2D eigenvalue weighted by atomic mass is 10.0. The molecule has 2 aliphatic heterocycles. The van der Waals surface area contributed by atoms with Gasteiger partial charge in [0, 0.05) is 11.5 Å². The largest absolute Gasteiger partial charge is 0.464 e. The van der Waals surface area contributed by atoms with Gasteiger partial charge in [0.05, 0.1) is 19.2 Å². The molecule has 9 nitrogen and oxygen atoms in total. The Hall–Kier alpha value is -2.64. The summed E-state index contributed by atoms with van der Waals surface area (Å²) in [6.07, 6.45) is -0.159. The van der Waals surface area contributed by atoms with E-state index in [1.807, 2.05) is 6.92 Å². The van der Waals surface area contributed by atoms with Gasteiger partial charge in [-0.3, -0.25) is 14.5 Å². The molecular weight excluding hydrogens is 489 g/mol. The number of anilines is 1. The molecule has 0 radical (unpaired) electrons. The molecule has 13 heteroatoms. The van der Waals surface area contributed by atoms with E-state index < -0.39 is 35.0 Å². The molecule has 4 rings (SSSR count). The van der Waals surface area contributed by atoms with Crippen molar-refractivity contribution in [2.75, 3.05) is 24.3 Å². The number of aromatic nitrogens is 2. The molecule has 0 aliphatic carbocycles. The maximum absolute atomic E-state index is 13.6. The SMILES string of the molecule is COC(=O)C1=C(CSc2nnc(C)s2)CSC2C(NC(=O)Cc3cccc(F)c3N)C(=O)N12. The third-order valence-corrected chi connectivity index (χ3v) is 8.51. The minimum atomic E-state index is -0.794. The van der Waals surface area contributed by atoms with Crippen molar-refractivity contribution in [3.05, 3.63) is 45.9 Å². The van der Waals surface area contributed by atoms with Crippen molar-refractivity contribution in [2.45, 2.75) is 29.1 Å². The van der Waals surface area contributed by atoms with E-state index >= 15 is 0 Å². The number of hydrogen-bond acceptors (Lipinski definition) is 10. The molecule has 33 heavy (non-hydrogen) atoms. The Morgan fingerprint density at radius 1 is 1.39 bits per heavy atom. The normalized spacial score (nSPS) is 19.7. The fourth-order valence-electron chi connectivity index (χ4n) is 3.50. The highest BCUT2D eigenvalue weighted by atomic mass is 32.2. The number of halogens is 1. The molecule has 0 bridgehead atoms. The number of esters is 1. The quantitative estimate of drug-likeness (QED) is 0.248. The highest BCUT2D eigenvalue weighted by molar-refractivity contribution is 8.01. The first-order chi connectivity index (χ1) is 15.8. The summed E-state index contributed by atoms with van der Waals surface area (Å²) >= 11 is 4.34. The molecule has 2 amide bonds. The van der Waals surface area contributed by atoms with E-state index in [1.165, 1.54) is 59.0 Å². The van der Waals surface area contributed by atoms with E-state index in [9.17, 15) is 18.8 Å². The predicted octanol–water partition coefficient (Wildman–Crippen LogP) is 1.73. The van der Waals surface area contributed by atoms with E-state index in [0.29, 0.717) is 17.1 Å². The third-order valence-electron chi connectivity index (χ3n) is 5.11. The number of carbonyl (C=O) groups is 3. The third kappa shape index (κ3) is 4.70. The Bertz CT molecular complexity index is 1150. The zero-order valence-electron chi connectivity index (χ0n) is 17.7. The molecule has 3 heterocycles. The second-order valence-electron chi connectivity index (χ2n) is 7.26. The molecule has 174 valence electrons. The van der Waals surface area contributed by atoms with E-state index in [2.05, 4.69) is 15.5 Å². The molecule has 1 aromatic carbocycles. The number of benzene rings is 1. The number of nitrogens with zero attached hydrogens (tertiary/aromatic N) is 3. The molecule has 2 unspecified atom stereocenters. The molecule has 1 aromatic heterocycles. The van der Waals surface area contributed by atoms with Crippen LogP contribution in [0.4, 0.5) is 10.1 Å². The Morgan fingerprint density at radius 3 is 2.88 bits per heavy atom. The van der Waals surface area contributed by atoms with Crippen molar-refractivity contribution in [2.24, 2.45) is 0 Å². The number of β-lactam (4-membered cyclic amide) rings is 1. The number of nitrogens with one attached hydrogen (secondary N) is 1. The minimum Gasteiger partial charge on any atom is -0.464 e. The minimum absolute atomic E-state index is 0.0927. The first kappa shape index (κ1) is 23.5. The van der Waals surface area contributed by atoms with Crippen LogP contribution in [0.25, 0.3) is 0 Å². The Kier molecular flexibility index (Phi) is 6.91. The van der Waals surface area contributed by atoms with Crippen LogP contribution in [0.3, 0.4) is 0 Å². The van der Waals surface area contributed by atoms with Gasteiger partial charge in [0.1, 0.15) is 27.9 Å². The number of nitrogens with two attached hydrogens (primary N) is 1. The monoisotopic (exact) mass is 509 g/mol. The highest BCUT2D eigenvalue weighted by Gasteiger charge is 2.54. The molecule has 3 N–H and O–H groups in total. The Balaban J connectivity index is 1.46. The maximum Gasteiger partial charge on any atom is 0.354 e. The summed E-state index contributed by atoms with van der Waals surface area (Å²) in [5, 5.41) is 11.1. The zero-order valence-corrected chi connectivity index (χ0v) is 20.1. The number of methoxy groups -OCH3 is 1. The van der Waals surface area contributed by atoms with Crippen LogP contribution < -0.4 is 11.1 Å². The van der Waals surface area contributed by atoms with Gasteiger partial charge in [-0.15, -0.1) is 22.0 Å². The van der Waals surface area contributed by atoms with Crippen LogP contribution in [0.5, 0.6) is 0 Å². The average molecular weight is 510 g/mol. The number of ether oxygens (including phenoxy) is 1. The number of thioether (sulfide) groups is 2. The molecule has 1 fully saturated rings. The summed E-state index contributed by atoms with van der Waals surface area (Å²) < 4.78 is 19.3. The van der Waals surface area contributed by atoms with Crippen molar-refractivity contribution in [3.63, 3.8) is 0 Å². The summed E-state index contributed by atoms with van der Waals surface area (Å²) in [6, 6.07) is 3.45. The molecule has 2 aliphatic rings. The fraction of sp³-hybridized carbons (Fsp3) is 0.350. The lowest BCUT2D eigenvalue weighted by Gasteiger charge is -2.49. The predicted molar refractivity (Wildman–Crippen MR) is 124 cm³/mol. The molecule has 2 aromatic rings. The van der Waals surface area contributed by atoms with Gasteiger partial charge < -0.3 is 15.8 Å². The van der Waals surface area contributed by atoms with Gasteiger partial charge in [0.25, 0.3) is 5.91 Å². The van der Waals surface area contributed by atoms with Crippen LogP contribution in [0.2, 0.25) is 0 Å². The number of para-hydroxylation sites is 1. The number of aryl methyl sites for hydroxylation is 1. The second kappa shape index (κ2) is 9.69. The van der Waals surface area contributed by atoms with Gasteiger partial charge in [-0.2, -0.15) is 0 Å². The maximum atomic E-state index is 13.6. The number of rotatable bonds is 7. The number of amides is 2. The van der Waals surface area contributed by atoms with Crippen molar-refractivity contribution in [1.82, 2.24) is 20.4 Å². The number of hydrogen-bond donors (Lipinski definition) is 2. The van der Waals surface area contributed by atoms with Crippen LogP contribution in [-0.4, -0.2) is 62.9 Å². The van der Waals surface area contributed by atoms with Crippen LogP contribution in [0, 0.1) is 12.7 Å². The van der Waals surface area contributed by atoms with Gasteiger partial charge in [0.2, 0.25) is 5.91 Å². The lowest BCUT2D eigenvalue weighted by molar-refractivity contribution is -0.151. The summed E-state index contributed by atoms with van der Waals surface area (Å²) in [5.41, 5.74) is 6.91. The van der Waals surface area contributed by atoms with Gasteiger partial charge in [0.15, 0.2) is 4.34 Å². The van der Waals surface area contributed by atoms with Crippen molar-refractivity contribution in [1.29, 1.82) is 0 Å². The molecule has 1 saturated heterocycles. The fourth-order valence-corrected chi connectivity index (χ4v) is 6.80. The topological polar surface area (TPSA) is 128 Å². The van der Waals surface area contributed by atoms with E-state index in [1.54, 1.807) is 6.07 Å². The molecular formula is C20H20FN5O4S3. The van der Waals surface area contributed by atoms with E-state index in [-0.39, 0.29) is 17.8 Å². The lowest BCUT2D eigenvalue weighted by Crippen LogP contribution is -2.70. The average Bonchev–Trinajstić information content (AvgIpc) is 3.22. The number of carbonyl (C=O) groups excluding carboxylic acids is 3. The van der Waals surface area contributed by atoms with E-state index in [0.717, 1.165) is 14.9 Å². The second-order valence-corrected chi connectivity index (χ2v) is 10.8. The van der Waals surface area contributed by atoms with Crippen LogP contribution in [0.15, 0.2) is 33.8 Å². The van der Waals surface area contributed by atoms with Crippen LogP contribution in [-0.2, 0) is 25.5 Å². The molecule has 0 saturated carbocycles.